The van der Waals surface area contributed by atoms with Crippen molar-refractivity contribution in [2.45, 2.75) is 68.8 Å². The molecule has 4 atom stereocenters. The first-order valence-corrected chi connectivity index (χ1v) is 12.0. The number of hydrogen-bond donors (Lipinski definition) is 2. The number of aryl methyl sites for hydroxylation is 1. The molecule has 8 heteroatoms. The van der Waals surface area contributed by atoms with Gasteiger partial charge in [0.25, 0.3) is 0 Å². The van der Waals surface area contributed by atoms with Gasteiger partial charge in [-0.05, 0) is 57.3 Å². The monoisotopic (exact) mass is 448 g/mol. The van der Waals surface area contributed by atoms with Gasteiger partial charge in [0.1, 0.15) is 12.1 Å². The van der Waals surface area contributed by atoms with E-state index in [1.807, 2.05) is 30.3 Å². The number of carbonyl (C=O) groups excluding carboxylic acids is 2. The third-order valence-corrected chi connectivity index (χ3v) is 7.72. The number of esters is 1. The lowest BCUT2D eigenvalue weighted by Crippen LogP contribution is -2.53. The third kappa shape index (κ3) is 5.80. The van der Waals surface area contributed by atoms with E-state index in [9.17, 15) is 19.5 Å². The molecule has 1 amide bonds. The van der Waals surface area contributed by atoms with Crippen LogP contribution in [0, 0.1) is 0 Å². The van der Waals surface area contributed by atoms with Gasteiger partial charge in [-0.2, -0.15) is 11.8 Å². The standard InChI is InChI=1S/C23H32N2O5S/c1-3-30-22(29)18(11-10-17-8-5-4-6-9-17)24-16(2)20(26)25-15-23(12-7-13-31-23)14-19(25)21(27)28/h4-6,8-9,16,18-19,24H,3,7,10-15H2,1-2H3,(H,27,28)/t16?,18-,19-,23?/m0/s1. The summed E-state index contributed by atoms with van der Waals surface area (Å²) in [5, 5.41) is 12.8. The van der Waals surface area contributed by atoms with E-state index in [0.717, 1.165) is 24.2 Å². The fourth-order valence-electron chi connectivity index (χ4n) is 4.53. The van der Waals surface area contributed by atoms with Gasteiger partial charge in [0, 0.05) is 11.3 Å². The number of benzene rings is 1. The van der Waals surface area contributed by atoms with Crippen molar-refractivity contribution in [3.63, 3.8) is 0 Å². The van der Waals surface area contributed by atoms with E-state index in [-0.39, 0.29) is 17.3 Å². The predicted octanol–water partition coefficient (Wildman–Crippen LogP) is 2.48. The Labute approximate surface area is 187 Å². The Kier molecular flexibility index (Phi) is 8.00. The topological polar surface area (TPSA) is 95.9 Å². The molecule has 2 aliphatic heterocycles. The van der Waals surface area contributed by atoms with E-state index < -0.39 is 30.1 Å². The molecule has 2 unspecified atom stereocenters. The Hall–Kier alpha value is -2.06. The lowest BCUT2D eigenvalue weighted by molar-refractivity contribution is -0.150. The van der Waals surface area contributed by atoms with Crippen LogP contribution in [0.3, 0.4) is 0 Å². The summed E-state index contributed by atoms with van der Waals surface area (Å²) in [6, 6.07) is 7.69. The van der Waals surface area contributed by atoms with E-state index in [0.29, 0.717) is 25.8 Å². The van der Waals surface area contributed by atoms with Crippen LogP contribution in [0.25, 0.3) is 0 Å². The lowest BCUT2D eigenvalue weighted by atomic mass is 10.00. The number of amides is 1. The number of likely N-dealkylation sites (tertiary alicyclic amines) is 1. The van der Waals surface area contributed by atoms with Gasteiger partial charge >= 0.3 is 11.9 Å². The number of carboxylic acid groups (broad SMARTS) is 1. The maximum atomic E-state index is 13.2. The van der Waals surface area contributed by atoms with Crippen LogP contribution in [-0.2, 0) is 25.5 Å². The highest BCUT2D eigenvalue weighted by atomic mass is 32.2. The maximum Gasteiger partial charge on any atom is 0.326 e. The van der Waals surface area contributed by atoms with E-state index >= 15 is 0 Å². The van der Waals surface area contributed by atoms with Crippen molar-refractivity contribution in [2.75, 3.05) is 18.9 Å². The molecule has 7 nitrogen and oxygen atoms in total. The van der Waals surface area contributed by atoms with Crippen LogP contribution < -0.4 is 5.32 Å². The molecule has 0 radical (unpaired) electrons. The molecule has 1 spiro atoms. The molecule has 0 aliphatic carbocycles. The second-order valence-electron chi connectivity index (χ2n) is 8.38. The van der Waals surface area contributed by atoms with E-state index in [4.69, 9.17) is 4.74 Å². The molecule has 2 fully saturated rings. The SMILES string of the molecule is CCOC(=O)[C@H](CCc1ccccc1)NC(C)C(=O)N1CC2(CCCS2)C[C@H]1C(=O)O. The molecule has 2 saturated heterocycles. The van der Waals surface area contributed by atoms with Crippen LogP contribution in [0.4, 0.5) is 0 Å². The molecule has 2 aliphatic rings. The Morgan fingerprint density at radius 2 is 2.06 bits per heavy atom. The number of rotatable bonds is 9. The van der Waals surface area contributed by atoms with Gasteiger partial charge in [0.05, 0.1) is 12.6 Å². The molecule has 31 heavy (non-hydrogen) atoms. The Morgan fingerprint density at radius 3 is 2.68 bits per heavy atom. The largest absolute Gasteiger partial charge is 0.480 e. The normalized spacial score (nSPS) is 24.8. The zero-order valence-corrected chi connectivity index (χ0v) is 19.0. The fourth-order valence-corrected chi connectivity index (χ4v) is 6.05. The van der Waals surface area contributed by atoms with Gasteiger partial charge in [-0.25, -0.2) is 4.79 Å². The summed E-state index contributed by atoms with van der Waals surface area (Å²) in [5.41, 5.74) is 1.10. The van der Waals surface area contributed by atoms with Crippen LogP contribution in [0.5, 0.6) is 0 Å². The minimum atomic E-state index is -0.962. The summed E-state index contributed by atoms with van der Waals surface area (Å²) in [6.45, 7) is 4.16. The summed E-state index contributed by atoms with van der Waals surface area (Å²) in [4.78, 5) is 39.1. The highest BCUT2D eigenvalue weighted by Gasteiger charge is 2.51. The first kappa shape index (κ1) is 23.6. The molecular formula is C23H32N2O5S. The second kappa shape index (κ2) is 10.5. The van der Waals surface area contributed by atoms with Crippen molar-refractivity contribution in [3.05, 3.63) is 35.9 Å². The highest BCUT2D eigenvalue weighted by Crippen LogP contribution is 2.47. The average Bonchev–Trinajstić information content (AvgIpc) is 3.38. The van der Waals surface area contributed by atoms with Crippen molar-refractivity contribution >= 4 is 29.6 Å². The average molecular weight is 449 g/mol. The third-order valence-electron chi connectivity index (χ3n) is 6.11. The first-order chi connectivity index (χ1) is 14.8. The van der Waals surface area contributed by atoms with Gasteiger partial charge in [0.15, 0.2) is 0 Å². The summed E-state index contributed by atoms with van der Waals surface area (Å²) in [7, 11) is 0. The number of carboxylic acids is 1. The Bertz CT molecular complexity index is 781. The van der Waals surface area contributed by atoms with E-state index in [1.54, 1.807) is 25.6 Å². The van der Waals surface area contributed by atoms with Crippen molar-refractivity contribution in [1.82, 2.24) is 10.2 Å². The Balaban J connectivity index is 1.67. The molecule has 1 aromatic carbocycles. The van der Waals surface area contributed by atoms with Gasteiger partial charge in [-0.15, -0.1) is 0 Å². The van der Waals surface area contributed by atoms with E-state index in [2.05, 4.69) is 5.32 Å². The Morgan fingerprint density at radius 1 is 1.32 bits per heavy atom. The molecule has 0 saturated carbocycles. The van der Waals surface area contributed by atoms with Gasteiger partial charge in [0.2, 0.25) is 5.91 Å². The summed E-state index contributed by atoms with van der Waals surface area (Å²) in [5.74, 6) is -0.620. The van der Waals surface area contributed by atoms with Gasteiger partial charge in [-0.3, -0.25) is 14.9 Å². The minimum absolute atomic E-state index is 0.147. The summed E-state index contributed by atoms with van der Waals surface area (Å²) in [6.07, 6.45) is 3.63. The number of aliphatic carboxylic acids is 1. The van der Waals surface area contributed by atoms with Crippen LogP contribution in [0.2, 0.25) is 0 Å². The van der Waals surface area contributed by atoms with Crippen molar-refractivity contribution in [2.24, 2.45) is 0 Å². The van der Waals surface area contributed by atoms with Gasteiger partial charge in [-0.1, -0.05) is 30.3 Å². The highest BCUT2D eigenvalue weighted by molar-refractivity contribution is 8.00. The number of thioether (sulfide) groups is 1. The maximum absolute atomic E-state index is 13.2. The molecule has 170 valence electrons. The minimum Gasteiger partial charge on any atom is -0.480 e. The van der Waals surface area contributed by atoms with Crippen LogP contribution in [-0.4, -0.2) is 69.6 Å². The first-order valence-electron chi connectivity index (χ1n) is 11.0. The van der Waals surface area contributed by atoms with Gasteiger partial charge < -0.3 is 14.7 Å². The molecule has 1 aromatic rings. The van der Waals surface area contributed by atoms with Crippen molar-refractivity contribution in [3.8, 4) is 0 Å². The lowest BCUT2D eigenvalue weighted by Gasteiger charge is -2.28. The number of carbonyl (C=O) groups is 3. The van der Waals surface area contributed by atoms with Crippen LogP contribution in [0.1, 0.15) is 45.1 Å². The molecular weight excluding hydrogens is 416 g/mol. The van der Waals surface area contributed by atoms with Crippen LogP contribution >= 0.6 is 11.8 Å². The van der Waals surface area contributed by atoms with Crippen molar-refractivity contribution < 1.29 is 24.2 Å². The number of nitrogens with zero attached hydrogens (tertiary/aromatic N) is 1. The van der Waals surface area contributed by atoms with E-state index in [1.165, 1.54) is 4.90 Å². The van der Waals surface area contributed by atoms with Crippen molar-refractivity contribution in [1.29, 1.82) is 0 Å². The molecule has 0 bridgehead atoms. The summed E-state index contributed by atoms with van der Waals surface area (Å²) >= 11 is 1.79. The zero-order valence-electron chi connectivity index (χ0n) is 18.2. The number of nitrogens with one attached hydrogen (secondary N) is 1. The quantitative estimate of drug-likeness (QED) is 0.560. The summed E-state index contributed by atoms with van der Waals surface area (Å²) < 4.78 is 5.06. The smallest absolute Gasteiger partial charge is 0.326 e. The zero-order chi connectivity index (χ0) is 22.4. The number of hydrogen-bond acceptors (Lipinski definition) is 6. The fraction of sp³-hybridized carbons (Fsp3) is 0.609. The van der Waals surface area contributed by atoms with Crippen LogP contribution in [0.15, 0.2) is 30.3 Å². The number of ether oxygens (including phenoxy) is 1. The second-order valence-corrected chi connectivity index (χ2v) is 9.94. The molecule has 0 aromatic heterocycles. The molecule has 2 heterocycles. The molecule has 2 N–H and O–H groups in total. The predicted molar refractivity (Wildman–Crippen MR) is 120 cm³/mol. The molecule has 3 rings (SSSR count).